The van der Waals surface area contributed by atoms with Crippen LogP contribution < -0.4 is 5.32 Å². The summed E-state index contributed by atoms with van der Waals surface area (Å²) in [5.41, 5.74) is 0.117. The first-order valence-electron chi connectivity index (χ1n) is 5.95. The molecule has 2 heterocycles. The summed E-state index contributed by atoms with van der Waals surface area (Å²) in [6.07, 6.45) is 2.71. The highest BCUT2D eigenvalue weighted by molar-refractivity contribution is 7.12. The molecule has 2 N–H and O–H groups in total. The molecule has 1 unspecified atom stereocenters. The van der Waals surface area contributed by atoms with Crippen molar-refractivity contribution in [2.75, 3.05) is 0 Å². The summed E-state index contributed by atoms with van der Waals surface area (Å²) in [5.74, 6) is -1.52. The van der Waals surface area contributed by atoms with E-state index in [0.717, 1.165) is 27.6 Å². The molecule has 106 valence electrons. The normalized spacial score (nSPS) is 12.1. The van der Waals surface area contributed by atoms with Crippen molar-refractivity contribution in [3.8, 4) is 0 Å². The molecule has 6 nitrogen and oxygen atoms in total. The number of aromatic carboxylic acids is 1. The van der Waals surface area contributed by atoms with Crippen molar-refractivity contribution in [3.05, 3.63) is 32.2 Å². The Balaban J connectivity index is 2.04. The predicted octanol–water partition coefficient (Wildman–Crippen LogP) is 2.35. The molecular formula is C12H13N3O3S2. The van der Waals surface area contributed by atoms with E-state index in [1.165, 1.54) is 5.38 Å². The van der Waals surface area contributed by atoms with Gasteiger partial charge in [0.05, 0.1) is 6.04 Å². The van der Waals surface area contributed by atoms with E-state index < -0.39 is 11.9 Å². The van der Waals surface area contributed by atoms with Crippen LogP contribution in [0.3, 0.4) is 0 Å². The van der Waals surface area contributed by atoms with Crippen molar-refractivity contribution in [2.24, 2.45) is 0 Å². The first-order chi connectivity index (χ1) is 9.51. The van der Waals surface area contributed by atoms with E-state index in [9.17, 15) is 9.59 Å². The smallest absolute Gasteiger partial charge is 0.365 e. The van der Waals surface area contributed by atoms with Crippen LogP contribution in [0.15, 0.2) is 11.6 Å². The van der Waals surface area contributed by atoms with Crippen molar-refractivity contribution in [1.29, 1.82) is 0 Å². The summed E-state index contributed by atoms with van der Waals surface area (Å²) in [6.45, 7) is 3.88. The Hall–Kier alpha value is -1.80. The molecule has 2 aromatic rings. The Labute approximate surface area is 123 Å². The maximum atomic E-state index is 12.0. The molecule has 0 aliphatic rings. The highest BCUT2D eigenvalue weighted by atomic mass is 32.1. The molecule has 0 saturated heterocycles. The fourth-order valence-electron chi connectivity index (χ4n) is 1.49. The predicted molar refractivity (Wildman–Crippen MR) is 76.4 cm³/mol. The maximum absolute atomic E-state index is 12.0. The number of thiazole rings is 2. The number of carbonyl (C=O) groups is 2. The van der Waals surface area contributed by atoms with Gasteiger partial charge in [-0.05, 0) is 13.3 Å². The number of aryl methyl sites for hydroxylation is 1. The number of carbonyl (C=O) groups excluding carboxylic acids is 1. The van der Waals surface area contributed by atoms with Gasteiger partial charge in [0.15, 0.2) is 0 Å². The van der Waals surface area contributed by atoms with Crippen molar-refractivity contribution in [2.45, 2.75) is 26.3 Å². The summed E-state index contributed by atoms with van der Waals surface area (Å²) in [6, 6.07) is -0.234. The second kappa shape index (κ2) is 6.10. The molecule has 20 heavy (non-hydrogen) atoms. The lowest BCUT2D eigenvalue weighted by Crippen LogP contribution is -2.26. The maximum Gasteiger partial charge on any atom is 0.365 e. The molecule has 1 atom stereocenters. The molecule has 1 amide bonds. The molecule has 0 aliphatic heterocycles. The molecule has 0 fully saturated rings. The van der Waals surface area contributed by atoms with E-state index in [0.29, 0.717) is 0 Å². The summed E-state index contributed by atoms with van der Waals surface area (Å²) in [7, 11) is 0. The van der Waals surface area contributed by atoms with E-state index in [4.69, 9.17) is 5.11 Å². The minimum atomic E-state index is -1.13. The van der Waals surface area contributed by atoms with Crippen molar-refractivity contribution >= 4 is 34.6 Å². The number of nitrogens with one attached hydrogen (secondary N) is 1. The van der Waals surface area contributed by atoms with Gasteiger partial charge >= 0.3 is 5.97 Å². The molecule has 2 rings (SSSR count). The third-order valence-corrected chi connectivity index (χ3v) is 4.71. The number of amides is 1. The summed E-state index contributed by atoms with van der Waals surface area (Å²) >= 11 is 2.48. The lowest BCUT2D eigenvalue weighted by Gasteiger charge is -2.09. The Morgan fingerprint density at radius 2 is 2.25 bits per heavy atom. The molecule has 0 bridgehead atoms. The Morgan fingerprint density at radius 1 is 1.50 bits per heavy atom. The molecule has 2 aromatic heterocycles. The van der Waals surface area contributed by atoms with E-state index in [1.807, 2.05) is 13.8 Å². The number of rotatable bonds is 5. The van der Waals surface area contributed by atoms with Crippen LogP contribution in [-0.4, -0.2) is 27.0 Å². The number of aromatic nitrogens is 2. The Kier molecular flexibility index (Phi) is 4.46. The second-order valence-electron chi connectivity index (χ2n) is 4.06. The minimum Gasteiger partial charge on any atom is -0.476 e. The van der Waals surface area contributed by atoms with Crippen LogP contribution in [0.1, 0.15) is 50.1 Å². The molecule has 0 aromatic carbocycles. The van der Waals surface area contributed by atoms with Crippen molar-refractivity contribution < 1.29 is 14.7 Å². The second-order valence-corrected chi connectivity index (χ2v) is 6.06. The van der Waals surface area contributed by atoms with Crippen LogP contribution in [0.2, 0.25) is 0 Å². The number of nitrogens with zero attached hydrogens (tertiary/aromatic N) is 2. The van der Waals surface area contributed by atoms with Gasteiger partial charge in [0.2, 0.25) is 5.01 Å². The van der Waals surface area contributed by atoms with E-state index in [1.54, 1.807) is 17.5 Å². The number of carboxylic acids is 1. The lowest BCUT2D eigenvalue weighted by atomic mass is 10.3. The molecule has 0 spiro atoms. The lowest BCUT2D eigenvalue weighted by molar-refractivity contribution is 0.0696. The van der Waals surface area contributed by atoms with Gasteiger partial charge in [0.25, 0.3) is 5.91 Å². The van der Waals surface area contributed by atoms with Crippen molar-refractivity contribution in [3.63, 3.8) is 0 Å². The molecule has 0 saturated carbocycles. The van der Waals surface area contributed by atoms with Gasteiger partial charge in [-0.2, -0.15) is 0 Å². The third kappa shape index (κ3) is 3.20. The Morgan fingerprint density at radius 3 is 2.80 bits per heavy atom. The average Bonchev–Trinajstić information content (AvgIpc) is 3.07. The van der Waals surface area contributed by atoms with Crippen LogP contribution in [0, 0.1) is 0 Å². The van der Waals surface area contributed by atoms with Gasteiger partial charge in [-0.25, -0.2) is 14.8 Å². The Bertz CT molecular complexity index is 635. The summed E-state index contributed by atoms with van der Waals surface area (Å²) < 4.78 is 0. The third-order valence-electron chi connectivity index (χ3n) is 2.56. The largest absolute Gasteiger partial charge is 0.476 e. The quantitative estimate of drug-likeness (QED) is 0.884. The van der Waals surface area contributed by atoms with E-state index in [-0.39, 0.29) is 16.7 Å². The highest BCUT2D eigenvalue weighted by Gasteiger charge is 2.18. The molecular weight excluding hydrogens is 298 g/mol. The standard InChI is InChI=1S/C12H13N3O3S2/c1-3-7-4-13-10(20-7)6(2)14-9(16)8-5-19-11(15-8)12(17)18/h4-6H,3H2,1-2H3,(H,14,16)(H,17,18). The summed E-state index contributed by atoms with van der Waals surface area (Å²) in [4.78, 5) is 31.9. The summed E-state index contributed by atoms with van der Waals surface area (Å²) in [5, 5.41) is 13.7. The van der Waals surface area contributed by atoms with Crippen molar-refractivity contribution in [1.82, 2.24) is 15.3 Å². The van der Waals surface area contributed by atoms with Gasteiger partial charge in [0, 0.05) is 16.5 Å². The molecule has 8 heteroatoms. The van der Waals surface area contributed by atoms with Crippen LogP contribution >= 0.6 is 22.7 Å². The topological polar surface area (TPSA) is 92.2 Å². The highest BCUT2D eigenvalue weighted by Crippen LogP contribution is 2.20. The van der Waals surface area contributed by atoms with E-state index in [2.05, 4.69) is 15.3 Å². The number of carboxylic acid groups (broad SMARTS) is 1. The molecule has 0 aliphatic carbocycles. The van der Waals surface area contributed by atoms with Gasteiger partial charge in [-0.15, -0.1) is 22.7 Å². The fraction of sp³-hybridized carbons (Fsp3) is 0.333. The SMILES string of the molecule is CCc1cnc(C(C)NC(=O)c2csc(C(=O)O)n2)s1. The van der Waals surface area contributed by atoms with Gasteiger partial charge < -0.3 is 10.4 Å². The number of hydrogen-bond donors (Lipinski definition) is 2. The van der Waals surface area contributed by atoms with E-state index >= 15 is 0 Å². The van der Waals surface area contributed by atoms with Crippen LogP contribution in [0.25, 0.3) is 0 Å². The zero-order valence-electron chi connectivity index (χ0n) is 10.9. The fourth-order valence-corrected chi connectivity index (χ4v) is 2.99. The van der Waals surface area contributed by atoms with Crippen LogP contribution in [-0.2, 0) is 6.42 Å². The van der Waals surface area contributed by atoms with Gasteiger partial charge in [-0.1, -0.05) is 6.92 Å². The monoisotopic (exact) mass is 311 g/mol. The number of hydrogen-bond acceptors (Lipinski definition) is 6. The molecule has 0 radical (unpaired) electrons. The first kappa shape index (κ1) is 14.6. The van der Waals surface area contributed by atoms with Crippen LogP contribution in [0.4, 0.5) is 0 Å². The van der Waals surface area contributed by atoms with Gasteiger partial charge in [-0.3, -0.25) is 4.79 Å². The first-order valence-corrected chi connectivity index (χ1v) is 7.65. The van der Waals surface area contributed by atoms with Gasteiger partial charge in [0.1, 0.15) is 10.7 Å². The average molecular weight is 311 g/mol. The van der Waals surface area contributed by atoms with Crippen LogP contribution in [0.5, 0.6) is 0 Å². The zero-order chi connectivity index (χ0) is 14.7. The minimum absolute atomic E-state index is 0.0923. The zero-order valence-corrected chi connectivity index (χ0v) is 12.5.